The summed E-state index contributed by atoms with van der Waals surface area (Å²) in [5.74, 6) is -4.24. The Balaban J connectivity index is 5.22. The number of thioether (sulfide) groups is 1. The summed E-state index contributed by atoms with van der Waals surface area (Å²) in [6.45, 7) is -1.25. The SMILES string of the molecule is CSCCC(NC(=O)C(CC(N)=O)NC(=O)CN)C(=O)NC(CO)C(=O)O. The van der Waals surface area contributed by atoms with Gasteiger partial charge in [-0.05, 0) is 18.4 Å². The maximum Gasteiger partial charge on any atom is 0.328 e. The maximum atomic E-state index is 12.4. The average Bonchev–Trinajstić information content (AvgIpc) is 2.61. The average molecular weight is 407 g/mol. The van der Waals surface area contributed by atoms with E-state index in [1.165, 1.54) is 11.8 Å². The third kappa shape index (κ3) is 9.77. The van der Waals surface area contributed by atoms with Crippen LogP contribution in [0, 0.1) is 0 Å². The van der Waals surface area contributed by atoms with Gasteiger partial charge in [-0.2, -0.15) is 11.8 Å². The van der Waals surface area contributed by atoms with Gasteiger partial charge in [0.1, 0.15) is 18.1 Å². The molecular weight excluding hydrogens is 382 g/mol. The van der Waals surface area contributed by atoms with Gasteiger partial charge < -0.3 is 37.6 Å². The monoisotopic (exact) mass is 407 g/mol. The van der Waals surface area contributed by atoms with Crippen LogP contribution >= 0.6 is 11.8 Å². The quantitative estimate of drug-likeness (QED) is 0.159. The molecule has 0 fully saturated rings. The van der Waals surface area contributed by atoms with Gasteiger partial charge in [0.2, 0.25) is 23.6 Å². The fourth-order valence-corrected chi connectivity index (χ4v) is 2.37. The number of carbonyl (C=O) groups is 5. The first kappa shape index (κ1) is 24.6. The van der Waals surface area contributed by atoms with Gasteiger partial charge >= 0.3 is 5.97 Å². The second-order valence-electron chi connectivity index (χ2n) is 5.42. The first-order valence-electron chi connectivity index (χ1n) is 7.87. The molecule has 154 valence electrons. The first-order chi connectivity index (χ1) is 12.7. The van der Waals surface area contributed by atoms with E-state index in [1.54, 1.807) is 6.26 Å². The zero-order valence-corrected chi connectivity index (χ0v) is 15.6. The molecule has 0 aliphatic heterocycles. The number of hydrogen-bond acceptors (Lipinski definition) is 8. The molecule has 3 atom stereocenters. The Morgan fingerprint density at radius 3 is 2.00 bits per heavy atom. The van der Waals surface area contributed by atoms with Crippen LogP contribution in [-0.4, -0.2) is 83.1 Å². The molecule has 27 heavy (non-hydrogen) atoms. The highest BCUT2D eigenvalue weighted by atomic mass is 32.2. The summed E-state index contributed by atoms with van der Waals surface area (Å²) in [6.07, 6.45) is 1.40. The first-order valence-corrected chi connectivity index (χ1v) is 9.26. The van der Waals surface area contributed by atoms with E-state index in [2.05, 4.69) is 16.0 Å². The number of carbonyl (C=O) groups excluding carboxylic acids is 4. The lowest BCUT2D eigenvalue weighted by Gasteiger charge is -2.23. The highest BCUT2D eigenvalue weighted by Gasteiger charge is 2.29. The van der Waals surface area contributed by atoms with Crippen LogP contribution in [0.2, 0.25) is 0 Å². The Morgan fingerprint density at radius 2 is 1.56 bits per heavy atom. The van der Waals surface area contributed by atoms with Crippen molar-refractivity contribution in [2.24, 2.45) is 11.5 Å². The second kappa shape index (κ2) is 12.9. The van der Waals surface area contributed by atoms with Crippen LogP contribution in [0.3, 0.4) is 0 Å². The molecule has 3 unspecified atom stereocenters. The minimum atomic E-state index is -1.54. The fourth-order valence-electron chi connectivity index (χ4n) is 1.90. The van der Waals surface area contributed by atoms with Crippen molar-refractivity contribution in [2.45, 2.75) is 31.0 Å². The zero-order chi connectivity index (χ0) is 21.0. The Kier molecular flexibility index (Phi) is 11.8. The molecule has 0 aromatic heterocycles. The lowest BCUT2D eigenvalue weighted by Crippen LogP contribution is -2.57. The number of rotatable bonds is 13. The molecule has 12 nitrogen and oxygen atoms in total. The number of nitrogens with two attached hydrogens (primary N) is 2. The molecule has 0 saturated carbocycles. The number of aliphatic carboxylic acids is 1. The van der Waals surface area contributed by atoms with Gasteiger partial charge in [0.25, 0.3) is 0 Å². The minimum Gasteiger partial charge on any atom is -0.480 e. The van der Waals surface area contributed by atoms with Crippen molar-refractivity contribution in [3.63, 3.8) is 0 Å². The zero-order valence-electron chi connectivity index (χ0n) is 14.8. The summed E-state index contributed by atoms with van der Waals surface area (Å²) in [5.41, 5.74) is 10.2. The Labute approximate surface area is 159 Å². The molecule has 0 saturated heterocycles. The van der Waals surface area contributed by atoms with Crippen LogP contribution in [0.15, 0.2) is 0 Å². The summed E-state index contributed by atoms with van der Waals surface area (Å²) < 4.78 is 0. The molecule has 0 radical (unpaired) electrons. The predicted molar refractivity (Wildman–Crippen MR) is 96.4 cm³/mol. The summed E-state index contributed by atoms with van der Waals surface area (Å²) in [4.78, 5) is 58.1. The van der Waals surface area contributed by atoms with Crippen LogP contribution in [0.5, 0.6) is 0 Å². The van der Waals surface area contributed by atoms with Crippen molar-refractivity contribution in [3.8, 4) is 0 Å². The van der Waals surface area contributed by atoms with Crippen LogP contribution in [0.1, 0.15) is 12.8 Å². The van der Waals surface area contributed by atoms with Crippen molar-refractivity contribution < 1.29 is 34.2 Å². The molecule has 0 rings (SSSR count). The molecule has 0 aromatic rings. The number of nitrogens with one attached hydrogen (secondary N) is 3. The van der Waals surface area contributed by atoms with Gasteiger partial charge in [-0.15, -0.1) is 0 Å². The molecule has 0 spiro atoms. The number of hydrogen-bond donors (Lipinski definition) is 7. The number of amides is 4. The Hall–Kier alpha value is -2.38. The van der Waals surface area contributed by atoms with E-state index in [-0.39, 0.29) is 6.42 Å². The van der Waals surface area contributed by atoms with Gasteiger partial charge in [-0.3, -0.25) is 19.2 Å². The van der Waals surface area contributed by atoms with Crippen LogP contribution in [-0.2, 0) is 24.0 Å². The van der Waals surface area contributed by atoms with Crippen LogP contribution in [0.4, 0.5) is 0 Å². The fraction of sp³-hybridized carbons (Fsp3) is 0.643. The third-order valence-electron chi connectivity index (χ3n) is 3.28. The minimum absolute atomic E-state index is 0.143. The molecule has 13 heteroatoms. The van der Waals surface area contributed by atoms with Gasteiger partial charge in [0.05, 0.1) is 19.6 Å². The molecule has 0 aliphatic carbocycles. The maximum absolute atomic E-state index is 12.4. The molecule has 0 heterocycles. The topological polar surface area (TPSA) is 214 Å². The molecule has 0 aliphatic rings. The number of carboxylic acids is 1. The molecule has 0 bridgehead atoms. The van der Waals surface area contributed by atoms with E-state index in [0.29, 0.717) is 5.75 Å². The number of aliphatic hydroxyl groups is 1. The number of carboxylic acid groups (broad SMARTS) is 1. The van der Waals surface area contributed by atoms with Crippen molar-refractivity contribution in [2.75, 3.05) is 25.2 Å². The van der Waals surface area contributed by atoms with E-state index >= 15 is 0 Å². The van der Waals surface area contributed by atoms with E-state index < -0.39 is 67.3 Å². The predicted octanol–water partition coefficient (Wildman–Crippen LogP) is -3.90. The van der Waals surface area contributed by atoms with Gasteiger partial charge in [-0.1, -0.05) is 0 Å². The van der Waals surface area contributed by atoms with Gasteiger partial charge in [-0.25, -0.2) is 4.79 Å². The normalized spacial score (nSPS) is 13.7. The highest BCUT2D eigenvalue weighted by molar-refractivity contribution is 7.98. The molecule has 9 N–H and O–H groups in total. The largest absolute Gasteiger partial charge is 0.480 e. The van der Waals surface area contributed by atoms with Crippen molar-refractivity contribution in [1.29, 1.82) is 0 Å². The standard InChI is InChI=1S/C14H25N5O7S/c1-27-3-2-7(12(23)19-9(6-20)14(25)26)18-13(24)8(4-10(16)21)17-11(22)5-15/h7-9,20H,2-6,15H2,1H3,(H2,16,21)(H,17,22)(H,18,24)(H,19,23)(H,25,26). The Morgan fingerprint density at radius 1 is 1.00 bits per heavy atom. The Bertz CT molecular complexity index is 560. The molecular formula is C14H25N5O7S. The van der Waals surface area contributed by atoms with E-state index in [1.807, 2.05) is 0 Å². The summed E-state index contributed by atoms with van der Waals surface area (Å²) >= 11 is 1.38. The smallest absolute Gasteiger partial charge is 0.328 e. The van der Waals surface area contributed by atoms with E-state index in [0.717, 1.165) is 0 Å². The van der Waals surface area contributed by atoms with Crippen molar-refractivity contribution in [3.05, 3.63) is 0 Å². The van der Waals surface area contributed by atoms with Gasteiger partial charge in [0.15, 0.2) is 0 Å². The van der Waals surface area contributed by atoms with Crippen LogP contribution < -0.4 is 27.4 Å². The summed E-state index contributed by atoms with van der Waals surface area (Å²) in [6, 6.07) is -4.02. The summed E-state index contributed by atoms with van der Waals surface area (Å²) in [7, 11) is 0. The lowest BCUT2D eigenvalue weighted by atomic mass is 10.1. The molecule has 0 aromatic carbocycles. The van der Waals surface area contributed by atoms with Crippen molar-refractivity contribution >= 4 is 41.4 Å². The molecule has 4 amide bonds. The number of primary amides is 1. The van der Waals surface area contributed by atoms with Crippen molar-refractivity contribution in [1.82, 2.24) is 16.0 Å². The third-order valence-corrected chi connectivity index (χ3v) is 3.93. The van der Waals surface area contributed by atoms with Crippen LogP contribution in [0.25, 0.3) is 0 Å². The van der Waals surface area contributed by atoms with E-state index in [4.69, 9.17) is 21.7 Å². The highest BCUT2D eigenvalue weighted by Crippen LogP contribution is 2.03. The second-order valence-corrected chi connectivity index (χ2v) is 6.40. The van der Waals surface area contributed by atoms with Gasteiger partial charge in [0, 0.05) is 0 Å². The number of aliphatic hydroxyl groups excluding tert-OH is 1. The summed E-state index contributed by atoms with van der Waals surface area (Å²) in [5, 5.41) is 24.6. The van der Waals surface area contributed by atoms with E-state index in [9.17, 15) is 24.0 Å². The lowest BCUT2D eigenvalue weighted by molar-refractivity contribution is -0.143.